The summed E-state index contributed by atoms with van der Waals surface area (Å²) in [7, 11) is 0. The van der Waals surface area contributed by atoms with Crippen molar-refractivity contribution in [3.8, 4) is 17.1 Å². The van der Waals surface area contributed by atoms with Gasteiger partial charge in [-0.15, -0.1) is 22.7 Å². The lowest BCUT2D eigenvalue weighted by molar-refractivity contribution is 0.466. The third-order valence-corrected chi connectivity index (χ3v) is 16.0. The number of thiazole rings is 3. The number of hydrogen-bond donors (Lipinski definition) is 0. The van der Waals surface area contributed by atoms with Gasteiger partial charge >= 0.3 is 0 Å². The summed E-state index contributed by atoms with van der Waals surface area (Å²) in [6.07, 6.45) is 11.5. The van der Waals surface area contributed by atoms with Gasteiger partial charge in [-0.2, -0.15) is 0 Å². The number of halogens is 4. The molecule has 0 amide bonds. The smallest absolute Gasteiger partial charge is 0.187 e. The lowest BCUT2D eigenvalue weighted by atomic mass is 9.82. The molecule has 0 atom stereocenters. The molecule has 3 saturated heterocycles. The maximum atomic E-state index is 14.4. The molecule has 0 radical (unpaired) electrons. The van der Waals surface area contributed by atoms with E-state index in [-0.39, 0.29) is 10.8 Å². The van der Waals surface area contributed by atoms with Crippen molar-refractivity contribution in [2.75, 3.05) is 54.0 Å². The molecule has 3 aliphatic heterocycles. The van der Waals surface area contributed by atoms with Crippen molar-refractivity contribution in [2.24, 2.45) is 0 Å². The number of aromatic nitrogens is 5. The van der Waals surface area contributed by atoms with Gasteiger partial charge in [-0.3, -0.25) is 4.57 Å². The van der Waals surface area contributed by atoms with E-state index < -0.39 is 17.0 Å². The molecule has 0 unspecified atom stereocenters. The van der Waals surface area contributed by atoms with E-state index in [4.69, 9.17) is 15.0 Å². The van der Waals surface area contributed by atoms with Crippen molar-refractivity contribution in [3.63, 3.8) is 0 Å². The van der Waals surface area contributed by atoms with Crippen molar-refractivity contribution in [2.45, 2.75) is 136 Å². The summed E-state index contributed by atoms with van der Waals surface area (Å²) in [4.78, 5) is 26.3. The average molecular weight is 1060 g/mol. The Balaban J connectivity index is 0.000000144. The quantitative estimate of drug-likeness (QED) is 0.170. The number of imidazole rings is 1. The second kappa shape index (κ2) is 20.5. The zero-order valence-corrected chi connectivity index (χ0v) is 44.6. The highest BCUT2D eigenvalue weighted by molar-refractivity contribution is 9.11. The van der Waals surface area contributed by atoms with Crippen molar-refractivity contribution in [1.29, 1.82) is 0 Å². The zero-order valence-electron chi connectivity index (χ0n) is 39.0. The molecule has 2 aromatic carbocycles. The van der Waals surface area contributed by atoms with Gasteiger partial charge in [0.2, 0.25) is 0 Å². The molecule has 0 spiro atoms. The van der Waals surface area contributed by atoms with E-state index in [1.807, 2.05) is 42.1 Å². The second-order valence-corrected chi connectivity index (χ2v) is 24.3. The Kier molecular flexibility index (Phi) is 15.7. The van der Waals surface area contributed by atoms with Crippen molar-refractivity contribution in [3.05, 3.63) is 78.9 Å². The van der Waals surface area contributed by atoms with Gasteiger partial charge in [-0.05, 0) is 124 Å². The maximum absolute atomic E-state index is 14.4. The molecular formula is C49H64Br2F2N8S3. The van der Waals surface area contributed by atoms with E-state index in [2.05, 4.69) is 117 Å². The van der Waals surface area contributed by atoms with Crippen LogP contribution in [0.4, 0.5) is 24.2 Å². The summed E-state index contributed by atoms with van der Waals surface area (Å²) in [6, 6.07) is 9.44. The molecule has 0 bridgehead atoms. The second-order valence-electron chi connectivity index (χ2n) is 20.2. The molecule has 0 aliphatic carbocycles. The fraction of sp³-hybridized carbons (Fsp3) is 0.551. The Hall–Kier alpha value is -2.98. The van der Waals surface area contributed by atoms with Gasteiger partial charge in [-0.25, -0.2) is 28.7 Å². The fourth-order valence-corrected chi connectivity index (χ4v) is 13.1. The Morgan fingerprint density at radius 2 is 1.12 bits per heavy atom. The molecule has 4 aromatic heterocycles. The summed E-state index contributed by atoms with van der Waals surface area (Å²) in [5.74, 6) is -0.639. The minimum atomic E-state index is -0.801. The number of para-hydroxylation sites is 1. The molecule has 3 aliphatic rings. The fourth-order valence-electron chi connectivity index (χ4n) is 8.52. The predicted molar refractivity (Wildman–Crippen MR) is 276 cm³/mol. The standard InChI is InChI=1S/C18H22F2N2S.C16H22N2S.C15H20Br2N4S/c1-18(2,3)15-12(7-8-13(19)16(15)20)14-11-23-17(21-14)22-9-5-4-6-10-22;1-16(2,3)12-8-7-9-13-14(12)17-15(19-13)18-10-5-4-6-11-18;1-15(2,3)11-12(16)21(13(17)19-11)10-9-22-14(18-10)20-7-5-4-6-8-20/h7-8,11H,4-6,9-10H2,1-3H3;7-9H,4-6,10-11H2,1-3H3;9H,4-8H2,1-3H3. The molecule has 346 valence electrons. The number of anilines is 3. The van der Waals surface area contributed by atoms with Crippen LogP contribution in [0.15, 0.2) is 50.4 Å². The van der Waals surface area contributed by atoms with Crippen LogP contribution in [0.5, 0.6) is 0 Å². The van der Waals surface area contributed by atoms with E-state index in [9.17, 15) is 8.78 Å². The van der Waals surface area contributed by atoms with Crippen LogP contribution in [0.25, 0.3) is 27.3 Å². The highest BCUT2D eigenvalue weighted by Gasteiger charge is 2.29. The van der Waals surface area contributed by atoms with E-state index in [0.29, 0.717) is 11.1 Å². The van der Waals surface area contributed by atoms with E-state index >= 15 is 0 Å². The molecule has 3 fully saturated rings. The summed E-state index contributed by atoms with van der Waals surface area (Å²) in [6.45, 7) is 25.6. The van der Waals surface area contributed by atoms with Gasteiger partial charge in [0.15, 0.2) is 37.6 Å². The Labute approximate surface area is 408 Å². The lowest BCUT2D eigenvalue weighted by Gasteiger charge is -2.26. The molecule has 7 heterocycles. The number of benzene rings is 2. The number of fused-ring (bicyclic) bond motifs is 1. The molecule has 0 N–H and O–H groups in total. The van der Waals surface area contributed by atoms with Gasteiger partial charge in [0.05, 0.1) is 21.6 Å². The SMILES string of the molecule is CC(C)(C)c1c(-c2csc(N3CCCCC3)n2)ccc(F)c1F.CC(C)(C)c1cccc2sc(N3CCCCC3)nc12.CC(C)(C)c1nc(Br)n(-c2csc(N3CCCCC3)n2)c1Br. The van der Waals surface area contributed by atoms with Crippen LogP contribution >= 0.6 is 65.9 Å². The number of rotatable bonds is 5. The van der Waals surface area contributed by atoms with Crippen LogP contribution < -0.4 is 14.7 Å². The van der Waals surface area contributed by atoms with Gasteiger partial charge in [0, 0.05) is 66.6 Å². The zero-order chi connectivity index (χ0) is 46.0. The van der Waals surface area contributed by atoms with E-state index in [0.717, 1.165) is 63.0 Å². The van der Waals surface area contributed by atoms with Crippen molar-refractivity contribution >= 4 is 91.5 Å². The predicted octanol–water partition coefficient (Wildman–Crippen LogP) is 15.1. The summed E-state index contributed by atoms with van der Waals surface area (Å²) < 4.78 is 33.2. The summed E-state index contributed by atoms with van der Waals surface area (Å²) >= 11 is 12.4. The van der Waals surface area contributed by atoms with Crippen LogP contribution in [0.1, 0.15) is 137 Å². The lowest BCUT2D eigenvalue weighted by Crippen LogP contribution is -2.29. The van der Waals surface area contributed by atoms with Crippen LogP contribution in [-0.4, -0.2) is 63.8 Å². The highest BCUT2D eigenvalue weighted by atomic mass is 79.9. The first-order valence-corrected chi connectivity index (χ1v) is 27.0. The summed E-state index contributed by atoms with van der Waals surface area (Å²) in [5.41, 5.74) is 5.09. The highest BCUT2D eigenvalue weighted by Crippen LogP contribution is 2.40. The number of hydrogen-bond acceptors (Lipinski definition) is 10. The van der Waals surface area contributed by atoms with E-state index in [1.54, 1.807) is 28.7 Å². The molecule has 8 nitrogen and oxygen atoms in total. The molecule has 15 heteroatoms. The maximum Gasteiger partial charge on any atom is 0.187 e. The van der Waals surface area contributed by atoms with Gasteiger partial charge < -0.3 is 14.7 Å². The van der Waals surface area contributed by atoms with Crippen molar-refractivity contribution < 1.29 is 8.78 Å². The van der Waals surface area contributed by atoms with Gasteiger partial charge in [0.1, 0.15) is 4.60 Å². The molecule has 64 heavy (non-hydrogen) atoms. The Morgan fingerprint density at radius 1 is 0.578 bits per heavy atom. The molecule has 9 rings (SSSR count). The average Bonchev–Trinajstić information content (AvgIpc) is 4.09. The first-order valence-electron chi connectivity index (χ1n) is 22.8. The monoisotopic (exact) mass is 1060 g/mol. The Bertz CT molecular complexity index is 2490. The minimum absolute atomic E-state index is 0.0156. The largest absolute Gasteiger partial charge is 0.348 e. The third-order valence-electron chi connectivity index (χ3n) is 11.9. The Morgan fingerprint density at radius 3 is 1.66 bits per heavy atom. The van der Waals surface area contributed by atoms with Crippen LogP contribution in [0, 0.1) is 11.6 Å². The molecule has 6 aromatic rings. The topological polar surface area (TPSA) is 66.2 Å². The summed E-state index contributed by atoms with van der Waals surface area (Å²) in [5, 5.41) is 7.36. The van der Waals surface area contributed by atoms with Gasteiger partial charge in [-0.1, -0.05) is 85.8 Å². The molecular weight excluding hydrogens is 995 g/mol. The number of piperidine rings is 3. The minimum Gasteiger partial charge on any atom is -0.348 e. The van der Waals surface area contributed by atoms with Crippen LogP contribution in [0.2, 0.25) is 0 Å². The normalized spacial score (nSPS) is 16.4. The van der Waals surface area contributed by atoms with Crippen molar-refractivity contribution in [1.82, 2.24) is 24.5 Å². The first-order chi connectivity index (χ1) is 30.3. The van der Waals surface area contributed by atoms with Crippen LogP contribution in [0.3, 0.4) is 0 Å². The number of nitrogens with zero attached hydrogens (tertiary/aromatic N) is 8. The molecule has 0 saturated carbocycles. The third kappa shape index (κ3) is 11.4. The van der Waals surface area contributed by atoms with E-state index in [1.165, 1.54) is 97.9 Å². The first kappa shape index (κ1) is 48.9. The van der Waals surface area contributed by atoms with Gasteiger partial charge in [0.25, 0.3) is 0 Å². The van der Waals surface area contributed by atoms with Crippen LogP contribution in [-0.2, 0) is 16.2 Å².